The maximum atomic E-state index is 15.5. The van der Waals surface area contributed by atoms with Crippen molar-refractivity contribution in [2.45, 2.75) is 0 Å². The Labute approximate surface area is 182 Å². The highest BCUT2D eigenvalue weighted by Crippen LogP contribution is 2.40. The van der Waals surface area contributed by atoms with Crippen molar-refractivity contribution in [3.05, 3.63) is 71.4 Å². The average molecular weight is 439 g/mol. The number of hydrogen-bond acceptors (Lipinski definition) is 4. The van der Waals surface area contributed by atoms with Crippen molar-refractivity contribution in [3.8, 4) is 17.2 Å². The fourth-order valence-corrected chi connectivity index (χ4v) is 4.16. The number of carbonyl (C=O) groups is 1. The first-order chi connectivity index (χ1) is 15.0. The zero-order chi connectivity index (χ0) is 22.1. The van der Waals surface area contributed by atoms with Crippen LogP contribution in [-0.4, -0.2) is 42.0 Å². The molecule has 4 rings (SSSR count). The van der Waals surface area contributed by atoms with Crippen LogP contribution in [0.2, 0.25) is 5.02 Å². The van der Waals surface area contributed by atoms with Crippen LogP contribution in [0.15, 0.2) is 49.2 Å². The van der Waals surface area contributed by atoms with E-state index in [1.54, 1.807) is 11.0 Å². The number of pyridine rings is 1. The molecule has 156 valence electrons. The topological polar surface area (TPSA) is 60.2 Å². The van der Waals surface area contributed by atoms with E-state index >= 15 is 4.39 Å². The van der Waals surface area contributed by atoms with E-state index in [1.165, 1.54) is 36.5 Å². The summed E-state index contributed by atoms with van der Waals surface area (Å²) >= 11 is 6.41. The Morgan fingerprint density at radius 1 is 1.23 bits per heavy atom. The van der Waals surface area contributed by atoms with Crippen LogP contribution in [0, 0.1) is 23.0 Å². The van der Waals surface area contributed by atoms with Gasteiger partial charge in [-0.3, -0.25) is 9.78 Å². The largest absolute Gasteiger partial charge is 0.366 e. The number of amides is 1. The van der Waals surface area contributed by atoms with Crippen molar-refractivity contribution in [2.75, 3.05) is 31.1 Å². The van der Waals surface area contributed by atoms with E-state index in [-0.39, 0.29) is 33.1 Å². The molecule has 0 aliphatic carbocycles. The number of piperazine rings is 1. The predicted octanol–water partition coefficient (Wildman–Crippen LogP) is 4.54. The van der Waals surface area contributed by atoms with Crippen molar-refractivity contribution >= 4 is 34.1 Å². The molecule has 1 fully saturated rings. The molecule has 0 bridgehead atoms. The van der Waals surface area contributed by atoms with Crippen LogP contribution in [0.5, 0.6) is 0 Å². The Balaban J connectivity index is 1.85. The van der Waals surface area contributed by atoms with Gasteiger partial charge in [-0.2, -0.15) is 5.26 Å². The molecule has 31 heavy (non-hydrogen) atoms. The van der Waals surface area contributed by atoms with E-state index in [2.05, 4.69) is 17.6 Å². The molecular formula is C23H17ClF2N4O. The van der Waals surface area contributed by atoms with E-state index in [0.29, 0.717) is 37.3 Å². The quantitative estimate of drug-likeness (QED) is 0.563. The maximum absolute atomic E-state index is 15.5. The molecular weight excluding hydrogens is 422 g/mol. The Hall–Kier alpha value is -3.50. The second kappa shape index (κ2) is 8.32. The number of halogens is 3. The lowest BCUT2D eigenvalue weighted by molar-refractivity contribution is -0.126. The molecule has 0 spiro atoms. The molecule has 1 aromatic heterocycles. The van der Waals surface area contributed by atoms with E-state index in [9.17, 15) is 14.4 Å². The third-order valence-electron chi connectivity index (χ3n) is 5.37. The molecule has 3 aromatic rings. The number of hydrogen-bond donors (Lipinski definition) is 0. The summed E-state index contributed by atoms with van der Waals surface area (Å²) in [6.07, 6.45) is 2.57. The van der Waals surface area contributed by atoms with Crippen LogP contribution in [0.4, 0.5) is 14.5 Å². The van der Waals surface area contributed by atoms with Gasteiger partial charge >= 0.3 is 0 Å². The lowest BCUT2D eigenvalue weighted by atomic mass is 9.99. The second-order valence-corrected chi connectivity index (χ2v) is 7.48. The van der Waals surface area contributed by atoms with Gasteiger partial charge in [0.15, 0.2) is 5.82 Å². The Morgan fingerprint density at radius 2 is 1.94 bits per heavy atom. The van der Waals surface area contributed by atoms with Crippen LogP contribution < -0.4 is 4.90 Å². The number of rotatable bonds is 3. The van der Waals surface area contributed by atoms with Crippen molar-refractivity contribution < 1.29 is 13.6 Å². The zero-order valence-electron chi connectivity index (χ0n) is 16.4. The summed E-state index contributed by atoms with van der Waals surface area (Å²) < 4.78 is 29.8. The first kappa shape index (κ1) is 20.8. The minimum Gasteiger partial charge on any atom is -0.366 e. The van der Waals surface area contributed by atoms with Crippen LogP contribution in [0.3, 0.4) is 0 Å². The van der Waals surface area contributed by atoms with Crippen LogP contribution in [-0.2, 0) is 4.79 Å². The SMILES string of the molecule is C=CC(=O)N1CCN(c2c(C#N)cnc3c(F)c(-c4ccccc4F)c(Cl)cc23)CC1. The summed E-state index contributed by atoms with van der Waals surface area (Å²) in [5.41, 5.74) is 0.735. The minimum atomic E-state index is -0.751. The minimum absolute atomic E-state index is 0.00116. The van der Waals surface area contributed by atoms with Crippen molar-refractivity contribution in [2.24, 2.45) is 0 Å². The highest BCUT2D eigenvalue weighted by atomic mass is 35.5. The summed E-state index contributed by atoms with van der Waals surface area (Å²) in [6.45, 7) is 5.26. The highest BCUT2D eigenvalue weighted by molar-refractivity contribution is 6.34. The van der Waals surface area contributed by atoms with Gasteiger partial charge in [0, 0.05) is 48.9 Å². The third kappa shape index (κ3) is 3.60. The Bertz CT molecular complexity index is 1250. The molecule has 5 nitrogen and oxygen atoms in total. The van der Waals surface area contributed by atoms with Crippen molar-refractivity contribution in [3.63, 3.8) is 0 Å². The Kier molecular flexibility index (Phi) is 5.57. The number of anilines is 1. The van der Waals surface area contributed by atoms with E-state index < -0.39 is 11.6 Å². The fraction of sp³-hybridized carbons (Fsp3) is 0.174. The summed E-state index contributed by atoms with van der Waals surface area (Å²) in [7, 11) is 0. The molecule has 2 heterocycles. The zero-order valence-corrected chi connectivity index (χ0v) is 17.2. The average Bonchev–Trinajstić information content (AvgIpc) is 2.79. The molecule has 0 N–H and O–H groups in total. The van der Waals surface area contributed by atoms with Crippen LogP contribution in [0.25, 0.3) is 22.0 Å². The second-order valence-electron chi connectivity index (χ2n) is 7.07. The lowest BCUT2D eigenvalue weighted by Gasteiger charge is -2.36. The summed E-state index contributed by atoms with van der Waals surface area (Å²) in [5, 5.41) is 10.0. The highest BCUT2D eigenvalue weighted by Gasteiger charge is 2.26. The predicted molar refractivity (Wildman–Crippen MR) is 116 cm³/mol. The van der Waals surface area contributed by atoms with Crippen LogP contribution in [0.1, 0.15) is 5.56 Å². The van der Waals surface area contributed by atoms with Gasteiger partial charge in [-0.1, -0.05) is 36.4 Å². The molecule has 8 heteroatoms. The maximum Gasteiger partial charge on any atom is 0.246 e. The molecule has 0 radical (unpaired) electrons. The monoisotopic (exact) mass is 438 g/mol. The number of aromatic nitrogens is 1. The molecule has 0 unspecified atom stereocenters. The van der Waals surface area contributed by atoms with Gasteiger partial charge in [-0.25, -0.2) is 8.78 Å². The number of nitrogens with zero attached hydrogens (tertiary/aromatic N) is 4. The van der Waals surface area contributed by atoms with E-state index in [1.807, 2.05) is 4.90 Å². The molecule has 1 saturated heterocycles. The summed E-state index contributed by atoms with van der Waals surface area (Å²) in [5.74, 6) is -1.51. The van der Waals surface area contributed by atoms with Crippen molar-refractivity contribution in [1.82, 2.24) is 9.88 Å². The summed E-state index contributed by atoms with van der Waals surface area (Å²) in [4.78, 5) is 19.6. The molecule has 1 aliphatic rings. The fourth-order valence-electron chi connectivity index (χ4n) is 3.86. The molecule has 2 aromatic carbocycles. The van der Waals surface area contributed by atoms with Gasteiger partial charge in [-0.05, 0) is 18.2 Å². The number of nitriles is 1. The van der Waals surface area contributed by atoms with Gasteiger partial charge in [0.05, 0.1) is 16.3 Å². The van der Waals surface area contributed by atoms with Gasteiger partial charge in [0.1, 0.15) is 17.4 Å². The standard InChI is InChI=1S/C23H17ClF2N4O/c1-2-19(31)29-7-9-30(10-8-29)23-14(12-27)13-28-22-16(23)11-17(24)20(21(22)26)15-5-3-4-6-18(15)25/h2-6,11,13H,1,7-10H2. The van der Waals surface area contributed by atoms with Gasteiger partial charge in [0.2, 0.25) is 5.91 Å². The van der Waals surface area contributed by atoms with Crippen molar-refractivity contribution in [1.29, 1.82) is 5.26 Å². The van der Waals surface area contributed by atoms with Gasteiger partial charge in [0.25, 0.3) is 0 Å². The number of fused-ring (bicyclic) bond motifs is 1. The number of carbonyl (C=O) groups excluding carboxylic acids is 1. The normalized spacial score (nSPS) is 13.9. The van der Waals surface area contributed by atoms with Gasteiger partial charge < -0.3 is 9.80 Å². The van der Waals surface area contributed by atoms with E-state index in [4.69, 9.17) is 11.6 Å². The third-order valence-corrected chi connectivity index (χ3v) is 5.67. The molecule has 1 amide bonds. The van der Waals surface area contributed by atoms with Crippen LogP contribution >= 0.6 is 11.6 Å². The number of benzene rings is 2. The Morgan fingerprint density at radius 3 is 2.58 bits per heavy atom. The molecule has 0 atom stereocenters. The first-order valence-electron chi connectivity index (χ1n) is 9.58. The summed E-state index contributed by atoms with van der Waals surface area (Å²) in [6, 6.07) is 9.41. The van der Waals surface area contributed by atoms with E-state index in [0.717, 1.165) is 0 Å². The van der Waals surface area contributed by atoms with Gasteiger partial charge in [-0.15, -0.1) is 0 Å². The molecule has 1 aliphatic heterocycles. The smallest absolute Gasteiger partial charge is 0.246 e. The lowest BCUT2D eigenvalue weighted by Crippen LogP contribution is -2.48. The molecule has 0 saturated carbocycles. The first-order valence-corrected chi connectivity index (χ1v) is 9.96.